The van der Waals surface area contributed by atoms with E-state index in [-0.39, 0.29) is 5.91 Å². The molecule has 2 aromatic heterocycles. The molecule has 3 rings (SSSR count). The fourth-order valence-electron chi connectivity index (χ4n) is 2.92. The number of piperazine rings is 1. The Morgan fingerprint density at radius 2 is 2.07 bits per heavy atom. The molecule has 1 saturated heterocycles. The average Bonchev–Trinajstić information content (AvgIpc) is 3.36. The van der Waals surface area contributed by atoms with Gasteiger partial charge in [-0.3, -0.25) is 4.79 Å². The van der Waals surface area contributed by atoms with Gasteiger partial charge in [-0.05, 0) is 19.1 Å². The molecule has 146 valence electrons. The van der Waals surface area contributed by atoms with Crippen molar-refractivity contribution in [3.8, 4) is 0 Å². The second kappa shape index (κ2) is 9.03. The molecule has 8 heteroatoms. The van der Waals surface area contributed by atoms with E-state index in [4.69, 9.17) is 9.41 Å². The summed E-state index contributed by atoms with van der Waals surface area (Å²) in [7, 11) is 0. The number of rotatable bonds is 5. The SMILES string of the molecule is CCNC(=NCc1csc(C(C)C)n1)N1CCN(C(=O)c2ccco2)CC1. The predicted octanol–water partition coefficient (Wildman–Crippen LogP) is 2.78. The van der Waals surface area contributed by atoms with Crippen molar-refractivity contribution in [2.24, 2.45) is 4.99 Å². The zero-order chi connectivity index (χ0) is 19.2. The Morgan fingerprint density at radius 1 is 1.33 bits per heavy atom. The number of hydrogen-bond donors (Lipinski definition) is 1. The predicted molar refractivity (Wildman–Crippen MR) is 107 cm³/mol. The Morgan fingerprint density at radius 3 is 2.67 bits per heavy atom. The summed E-state index contributed by atoms with van der Waals surface area (Å²) in [5.41, 5.74) is 1.01. The number of carbonyl (C=O) groups is 1. The largest absolute Gasteiger partial charge is 0.459 e. The highest BCUT2D eigenvalue weighted by atomic mass is 32.1. The van der Waals surface area contributed by atoms with Crippen LogP contribution in [0.25, 0.3) is 0 Å². The van der Waals surface area contributed by atoms with Gasteiger partial charge in [0.05, 0.1) is 23.5 Å². The lowest BCUT2D eigenvalue weighted by molar-refractivity contribution is 0.0657. The maximum absolute atomic E-state index is 12.4. The van der Waals surface area contributed by atoms with Crippen LogP contribution in [0.2, 0.25) is 0 Å². The summed E-state index contributed by atoms with van der Waals surface area (Å²) < 4.78 is 5.22. The molecule has 1 amide bonds. The van der Waals surface area contributed by atoms with Crippen LogP contribution in [0.3, 0.4) is 0 Å². The van der Waals surface area contributed by atoms with Gasteiger partial charge in [0.1, 0.15) is 0 Å². The summed E-state index contributed by atoms with van der Waals surface area (Å²) in [5.74, 6) is 1.67. The minimum absolute atomic E-state index is 0.0507. The van der Waals surface area contributed by atoms with Crippen molar-refractivity contribution >= 4 is 23.2 Å². The fraction of sp³-hybridized carbons (Fsp3) is 0.526. The lowest BCUT2D eigenvalue weighted by atomic mass is 10.2. The molecular formula is C19H27N5O2S. The van der Waals surface area contributed by atoms with Crippen molar-refractivity contribution in [2.45, 2.75) is 33.2 Å². The van der Waals surface area contributed by atoms with Crippen molar-refractivity contribution < 1.29 is 9.21 Å². The number of thiazole rings is 1. The van der Waals surface area contributed by atoms with E-state index in [0.717, 1.165) is 36.3 Å². The number of furan rings is 1. The third-order valence-corrected chi connectivity index (χ3v) is 5.58. The third-order valence-electron chi connectivity index (χ3n) is 4.39. The van der Waals surface area contributed by atoms with E-state index < -0.39 is 0 Å². The van der Waals surface area contributed by atoms with Crippen LogP contribution in [0.5, 0.6) is 0 Å². The summed E-state index contributed by atoms with van der Waals surface area (Å²) in [6.07, 6.45) is 1.53. The van der Waals surface area contributed by atoms with Crippen molar-refractivity contribution in [3.05, 3.63) is 40.2 Å². The van der Waals surface area contributed by atoms with E-state index in [1.807, 2.05) is 4.90 Å². The zero-order valence-electron chi connectivity index (χ0n) is 16.1. The number of nitrogens with zero attached hydrogens (tertiary/aromatic N) is 4. The number of aliphatic imine (C=N–C) groups is 1. The highest BCUT2D eigenvalue weighted by Crippen LogP contribution is 2.19. The maximum atomic E-state index is 12.4. The van der Waals surface area contributed by atoms with Crippen LogP contribution in [0.15, 0.2) is 33.2 Å². The van der Waals surface area contributed by atoms with Crippen LogP contribution in [0.4, 0.5) is 0 Å². The standard InChI is InChI=1S/C19H27N5O2S/c1-4-20-19(21-12-15-13-27-17(22-15)14(2)3)24-9-7-23(8-10-24)18(25)16-6-5-11-26-16/h5-6,11,13-14H,4,7-10,12H2,1-3H3,(H,20,21). The second-order valence-electron chi connectivity index (χ2n) is 6.76. The van der Waals surface area contributed by atoms with Crippen molar-refractivity contribution in [2.75, 3.05) is 32.7 Å². The van der Waals surface area contributed by atoms with Gasteiger partial charge in [-0.1, -0.05) is 13.8 Å². The summed E-state index contributed by atoms with van der Waals surface area (Å²) >= 11 is 1.69. The first-order chi connectivity index (χ1) is 13.1. The number of aromatic nitrogens is 1. The van der Waals surface area contributed by atoms with Crippen LogP contribution < -0.4 is 5.32 Å². The molecular weight excluding hydrogens is 362 g/mol. The molecule has 1 N–H and O–H groups in total. The summed E-state index contributed by atoms with van der Waals surface area (Å²) in [5, 5.41) is 6.59. The highest BCUT2D eigenvalue weighted by Gasteiger charge is 2.25. The van der Waals surface area contributed by atoms with Crippen LogP contribution in [-0.2, 0) is 6.54 Å². The van der Waals surface area contributed by atoms with Gasteiger partial charge >= 0.3 is 0 Å². The second-order valence-corrected chi connectivity index (χ2v) is 7.65. The summed E-state index contributed by atoms with van der Waals surface area (Å²) in [6, 6.07) is 3.45. The average molecular weight is 390 g/mol. The van der Waals surface area contributed by atoms with E-state index in [0.29, 0.717) is 31.3 Å². The number of guanidine groups is 1. The molecule has 2 aromatic rings. The highest BCUT2D eigenvalue weighted by molar-refractivity contribution is 7.09. The number of hydrogen-bond acceptors (Lipinski definition) is 5. The molecule has 7 nitrogen and oxygen atoms in total. The van der Waals surface area contributed by atoms with Gasteiger partial charge in [0.15, 0.2) is 11.7 Å². The van der Waals surface area contributed by atoms with Crippen LogP contribution in [0, 0.1) is 0 Å². The summed E-state index contributed by atoms with van der Waals surface area (Å²) in [4.78, 5) is 25.8. The van der Waals surface area contributed by atoms with Crippen LogP contribution in [-0.4, -0.2) is 59.4 Å². The molecule has 0 unspecified atom stereocenters. The Kier molecular flexibility index (Phi) is 6.49. The maximum Gasteiger partial charge on any atom is 0.289 e. The van der Waals surface area contributed by atoms with Gasteiger partial charge in [0, 0.05) is 44.0 Å². The van der Waals surface area contributed by atoms with Crippen molar-refractivity contribution in [3.63, 3.8) is 0 Å². The van der Waals surface area contributed by atoms with E-state index >= 15 is 0 Å². The Hall–Kier alpha value is -2.35. The van der Waals surface area contributed by atoms with Gasteiger partial charge in [-0.15, -0.1) is 11.3 Å². The quantitative estimate of drug-likeness (QED) is 0.629. The van der Waals surface area contributed by atoms with Gasteiger partial charge in [-0.25, -0.2) is 9.98 Å². The normalized spacial score (nSPS) is 15.5. The first-order valence-corrected chi connectivity index (χ1v) is 10.3. The molecule has 0 aromatic carbocycles. The number of carbonyl (C=O) groups excluding carboxylic acids is 1. The molecule has 0 radical (unpaired) electrons. The molecule has 0 aliphatic carbocycles. The van der Waals surface area contributed by atoms with Crippen LogP contribution >= 0.6 is 11.3 Å². The first kappa shape index (κ1) is 19.4. The van der Waals surface area contributed by atoms with E-state index in [1.165, 1.54) is 6.26 Å². The molecule has 27 heavy (non-hydrogen) atoms. The minimum atomic E-state index is -0.0507. The fourth-order valence-corrected chi connectivity index (χ4v) is 3.75. The number of nitrogens with one attached hydrogen (secondary N) is 1. The molecule has 1 fully saturated rings. The van der Waals surface area contributed by atoms with E-state index in [1.54, 1.807) is 23.5 Å². The molecule has 0 spiro atoms. The molecule has 0 saturated carbocycles. The first-order valence-electron chi connectivity index (χ1n) is 9.38. The minimum Gasteiger partial charge on any atom is -0.459 e. The van der Waals surface area contributed by atoms with Gasteiger partial charge in [0.25, 0.3) is 5.91 Å². The smallest absolute Gasteiger partial charge is 0.289 e. The van der Waals surface area contributed by atoms with Crippen molar-refractivity contribution in [1.82, 2.24) is 20.1 Å². The monoisotopic (exact) mass is 389 g/mol. The van der Waals surface area contributed by atoms with Gasteiger partial charge in [-0.2, -0.15) is 0 Å². The molecule has 1 aliphatic rings. The Labute approximate surface area is 164 Å². The zero-order valence-corrected chi connectivity index (χ0v) is 17.0. The molecule has 3 heterocycles. The van der Waals surface area contributed by atoms with Crippen molar-refractivity contribution in [1.29, 1.82) is 0 Å². The van der Waals surface area contributed by atoms with Crippen LogP contribution in [0.1, 0.15) is 47.9 Å². The Bertz CT molecular complexity index is 761. The van der Waals surface area contributed by atoms with Gasteiger partial charge < -0.3 is 19.5 Å². The number of amides is 1. The topological polar surface area (TPSA) is 74.0 Å². The lowest BCUT2D eigenvalue weighted by Gasteiger charge is -2.36. The molecule has 0 atom stereocenters. The van der Waals surface area contributed by atoms with E-state index in [9.17, 15) is 4.79 Å². The Balaban J connectivity index is 1.59. The molecule has 0 bridgehead atoms. The van der Waals surface area contributed by atoms with Gasteiger partial charge in [0.2, 0.25) is 0 Å². The molecule has 1 aliphatic heterocycles. The summed E-state index contributed by atoms with van der Waals surface area (Å²) in [6.45, 7) is 10.5. The third kappa shape index (κ3) is 4.88. The lowest BCUT2D eigenvalue weighted by Crippen LogP contribution is -2.53. The van der Waals surface area contributed by atoms with E-state index in [2.05, 4.69) is 41.4 Å².